The van der Waals surface area contributed by atoms with Gasteiger partial charge in [0.2, 0.25) is 0 Å². The van der Waals surface area contributed by atoms with E-state index >= 15 is 0 Å². The summed E-state index contributed by atoms with van der Waals surface area (Å²) in [6, 6.07) is 7.55. The Hall–Kier alpha value is -2.97. The van der Waals surface area contributed by atoms with Gasteiger partial charge in [-0.15, -0.1) is 0 Å². The SMILES string of the molecule is CC(=O)CN1CCCN(CC(=O)O)CC(Cc2ccc(NC(=S)CCC(C)C)cc2)N(CC(=O)O)CCCN(CC(=O)O)CC1. The maximum atomic E-state index is 12.0. The first-order valence-corrected chi connectivity index (χ1v) is 16.2. The molecule has 12 nitrogen and oxygen atoms in total. The Kier molecular flexibility index (Phi) is 17.2. The average molecular weight is 650 g/mol. The van der Waals surface area contributed by atoms with Crippen molar-refractivity contribution in [2.45, 2.75) is 58.9 Å². The summed E-state index contributed by atoms with van der Waals surface area (Å²) in [7, 11) is 0. The van der Waals surface area contributed by atoms with Crippen molar-refractivity contribution in [1.29, 1.82) is 0 Å². The first kappa shape index (κ1) is 38.2. The summed E-state index contributed by atoms with van der Waals surface area (Å²) >= 11 is 5.49. The molecule has 45 heavy (non-hydrogen) atoms. The number of thiocarbonyl (C=S) groups is 1. The van der Waals surface area contributed by atoms with Gasteiger partial charge in [-0.1, -0.05) is 38.2 Å². The molecule has 0 radical (unpaired) electrons. The molecule has 0 amide bonds. The van der Waals surface area contributed by atoms with E-state index in [-0.39, 0.29) is 38.0 Å². The Balaban J connectivity index is 2.32. The molecule has 0 bridgehead atoms. The third-order valence-corrected chi connectivity index (χ3v) is 8.05. The number of rotatable bonds is 14. The van der Waals surface area contributed by atoms with E-state index in [2.05, 4.69) is 19.2 Å². The zero-order chi connectivity index (χ0) is 33.4. The molecule has 1 aromatic carbocycles. The van der Waals surface area contributed by atoms with Crippen LogP contribution in [0.2, 0.25) is 0 Å². The minimum atomic E-state index is -0.984. The van der Waals surface area contributed by atoms with Crippen LogP contribution >= 0.6 is 12.2 Å². The van der Waals surface area contributed by atoms with Crippen LogP contribution in [0.15, 0.2) is 24.3 Å². The highest BCUT2D eigenvalue weighted by Gasteiger charge is 2.26. The highest BCUT2D eigenvalue weighted by molar-refractivity contribution is 7.80. The number of nitrogens with one attached hydrogen (secondary N) is 1. The fraction of sp³-hybridized carbons (Fsp3) is 0.656. The van der Waals surface area contributed by atoms with Crippen molar-refractivity contribution in [2.24, 2.45) is 5.92 Å². The number of carboxylic acids is 3. The fourth-order valence-electron chi connectivity index (χ4n) is 5.58. The van der Waals surface area contributed by atoms with Crippen molar-refractivity contribution >= 4 is 46.6 Å². The number of Topliss-reactive ketones (excluding diaryl/α,β-unsaturated/α-hetero) is 1. The first-order chi connectivity index (χ1) is 21.3. The third-order valence-electron chi connectivity index (χ3n) is 7.75. The van der Waals surface area contributed by atoms with E-state index in [4.69, 9.17) is 12.2 Å². The van der Waals surface area contributed by atoms with Crippen LogP contribution in [0.3, 0.4) is 0 Å². The number of carbonyl (C=O) groups is 4. The molecule has 0 aromatic heterocycles. The predicted molar refractivity (Wildman–Crippen MR) is 178 cm³/mol. The van der Waals surface area contributed by atoms with Gasteiger partial charge in [0.1, 0.15) is 5.78 Å². The van der Waals surface area contributed by atoms with Crippen LogP contribution in [0.4, 0.5) is 5.69 Å². The number of aliphatic carboxylic acids is 3. The zero-order valence-electron chi connectivity index (χ0n) is 26.9. The fourth-order valence-corrected chi connectivity index (χ4v) is 5.82. The van der Waals surface area contributed by atoms with Crippen LogP contribution in [0, 0.1) is 5.92 Å². The van der Waals surface area contributed by atoms with Gasteiger partial charge in [0, 0.05) is 51.0 Å². The maximum Gasteiger partial charge on any atom is 0.317 e. The minimum Gasteiger partial charge on any atom is -0.480 e. The van der Waals surface area contributed by atoms with Crippen LogP contribution < -0.4 is 5.32 Å². The van der Waals surface area contributed by atoms with E-state index in [1.807, 2.05) is 43.9 Å². The van der Waals surface area contributed by atoms with Crippen LogP contribution in [0.25, 0.3) is 0 Å². The minimum absolute atomic E-state index is 0.00580. The molecular weight excluding hydrogens is 598 g/mol. The second-order valence-electron chi connectivity index (χ2n) is 12.4. The third kappa shape index (κ3) is 16.8. The molecule has 1 aliphatic heterocycles. The molecule has 4 N–H and O–H groups in total. The average Bonchev–Trinajstić information content (AvgIpc) is 2.93. The van der Waals surface area contributed by atoms with E-state index in [0.29, 0.717) is 71.0 Å². The van der Waals surface area contributed by atoms with Crippen molar-refractivity contribution in [1.82, 2.24) is 19.6 Å². The topological polar surface area (TPSA) is 154 Å². The Bertz CT molecular complexity index is 1120. The zero-order valence-corrected chi connectivity index (χ0v) is 27.8. The van der Waals surface area contributed by atoms with Crippen molar-refractivity contribution in [2.75, 3.05) is 77.3 Å². The summed E-state index contributed by atoms with van der Waals surface area (Å²) in [4.78, 5) is 55.6. The summed E-state index contributed by atoms with van der Waals surface area (Å²) in [5, 5.41) is 32.3. The van der Waals surface area contributed by atoms with Crippen LogP contribution in [0.5, 0.6) is 0 Å². The van der Waals surface area contributed by atoms with Crippen molar-refractivity contribution in [3.63, 3.8) is 0 Å². The number of anilines is 1. The molecule has 13 heteroatoms. The number of hydrogen-bond donors (Lipinski definition) is 4. The monoisotopic (exact) mass is 649 g/mol. The van der Waals surface area contributed by atoms with E-state index in [1.54, 1.807) is 0 Å². The number of carbonyl (C=O) groups excluding carboxylic acids is 1. The number of hydrogen-bond acceptors (Lipinski definition) is 9. The van der Waals surface area contributed by atoms with Gasteiger partial charge in [-0.2, -0.15) is 0 Å². The summed E-state index contributed by atoms with van der Waals surface area (Å²) < 4.78 is 0. The molecule has 2 rings (SSSR count). The Morgan fingerprint density at radius 3 is 1.89 bits per heavy atom. The van der Waals surface area contributed by atoms with Crippen LogP contribution in [0.1, 0.15) is 52.0 Å². The molecular formula is C32H51N5O7S. The number of nitrogens with zero attached hydrogens (tertiary/aromatic N) is 4. The molecule has 1 saturated heterocycles. The lowest BCUT2D eigenvalue weighted by Gasteiger charge is -2.36. The molecule has 1 fully saturated rings. The maximum absolute atomic E-state index is 12.0. The van der Waals surface area contributed by atoms with Crippen molar-refractivity contribution in [3.8, 4) is 0 Å². The molecule has 1 aromatic rings. The second-order valence-corrected chi connectivity index (χ2v) is 12.9. The lowest BCUT2D eigenvalue weighted by molar-refractivity contribution is -0.141. The van der Waals surface area contributed by atoms with Gasteiger partial charge in [0.15, 0.2) is 0 Å². The van der Waals surface area contributed by atoms with Gasteiger partial charge in [-0.05, 0) is 69.2 Å². The van der Waals surface area contributed by atoms with Gasteiger partial charge in [0.05, 0.1) is 31.2 Å². The van der Waals surface area contributed by atoms with Crippen LogP contribution in [-0.4, -0.2) is 142 Å². The summed E-state index contributed by atoms with van der Waals surface area (Å²) in [5.41, 5.74) is 1.85. The molecule has 0 spiro atoms. The van der Waals surface area contributed by atoms with E-state index in [1.165, 1.54) is 6.92 Å². The molecule has 0 aliphatic carbocycles. The standard InChI is InChI=1S/C32H51N5O7S/c1-24(2)6-11-29(45)33-27-9-7-26(8-10-27)18-28-20-36(22-31(41)42)14-4-12-34(19-25(3)38)16-17-35(21-30(39)40)13-5-15-37(28)23-32(43)44/h7-10,24,28H,4-6,11-23H2,1-3H3,(H,33,45)(H,39,40)(H,41,42)(H,43,44). The predicted octanol–water partition coefficient (Wildman–Crippen LogP) is 2.62. The molecule has 1 aliphatic rings. The molecule has 1 atom stereocenters. The van der Waals surface area contributed by atoms with E-state index in [9.17, 15) is 34.5 Å². The molecule has 1 unspecified atom stereocenters. The Morgan fingerprint density at radius 2 is 1.33 bits per heavy atom. The number of ketones is 1. The van der Waals surface area contributed by atoms with Gasteiger partial charge < -0.3 is 20.6 Å². The lowest BCUT2D eigenvalue weighted by atomic mass is 10.0. The quantitative estimate of drug-likeness (QED) is 0.219. The van der Waals surface area contributed by atoms with Gasteiger partial charge in [-0.3, -0.25) is 38.8 Å². The Morgan fingerprint density at radius 1 is 0.800 bits per heavy atom. The van der Waals surface area contributed by atoms with Gasteiger partial charge in [0.25, 0.3) is 0 Å². The highest BCUT2D eigenvalue weighted by Crippen LogP contribution is 2.17. The summed E-state index contributed by atoms with van der Waals surface area (Å²) in [6.45, 7) is 8.64. The van der Waals surface area contributed by atoms with Gasteiger partial charge in [-0.25, -0.2) is 0 Å². The Labute approximate surface area is 272 Å². The van der Waals surface area contributed by atoms with E-state index in [0.717, 1.165) is 29.1 Å². The lowest BCUT2D eigenvalue weighted by Crippen LogP contribution is -2.50. The van der Waals surface area contributed by atoms with Crippen molar-refractivity contribution < 1.29 is 34.5 Å². The van der Waals surface area contributed by atoms with E-state index < -0.39 is 17.9 Å². The molecule has 0 saturated carbocycles. The van der Waals surface area contributed by atoms with Gasteiger partial charge >= 0.3 is 17.9 Å². The normalized spacial score (nSPS) is 18.7. The highest BCUT2D eigenvalue weighted by atomic mass is 32.1. The number of carboxylic acid groups (broad SMARTS) is 3. The summed E-state index contributed by atoms with van der Waals surface area (Å²) in [6.07, 6.45) is 3.43. The van der Waals surface area contributed by atoms with Crippen LogP contribution in [-0.2, 0) is 25.6 Å². The molecule has 1 heterocycles. The summed E-state index contributed by atoms with van der Waals surface area (Å²) in [5.74, 6) is -2.33. The second kappa shape index (κ2) is 20.2. The number of benzene rings is 1. The largest absolute Gasteiger partial charge is 0.480 e. The first-order valence-electron chi connectivity index (χ1n) is 15.8. The van der Waals surface area contributed by atoms with Crippen molar-refractivity contribution in [3.05, 3.63) is 29.8 Å². The molecule has 252 valence electrons. The smallest absolute Gasteiger partial charge is 0.317 e.